The number of aromatic amines is 1. The minimum Gasteiger partial charge on any atom is -0.456 e. The number of hydrogen-bond donors (Lipinski definition) is 3. The largest absolute Gasteiger partial charge is 0.456 e. The van der Waals surface area contributed by atoms with E-state index in [1.165, 1.54) is 16.5 Å². The lowest BCUT2D eigenvalue weighted by Crippen LogP contribution is -2.27. The van der Waals surface area contributed by atoms with Crippen molar-refractivity contribution >= 4 is 33.5 Å². The van der Waals surface area contributed by atoms with Crippen molar-refractivity contribution in [2.45, 2.75) is 25.9 Å². The molecule has 5 aromatic rings. The van der Waals surface area contributed by atoms with Crippen molar-refractivity contribution in [2.24, 2.45) is 9.98 Å². The normalized spacial score (nSPS) is 19.4. The molecule has 2 aliphatic heterocycles. The molecule has 3 aromatic carbocycles. The highest BCUT2D eigenvalue weighted by Gasteiger charge is 2.17. The maximum absolute atomic E-state index is 6.25. The second-order valence-electron chi connectivity index (χ2n) is 9.87. The third kappa shape index (κ3) is 3.57. The predicted octanol–water partition coefficient (Wildman–Crippen LogP) is 5.72. The molecule has 2 aromatic heterocycles. The molecule has 0 amide bonds. The van der Waals surface area contributed by atoms with Crippen LogP contribution >= 0.6 is 0 Å². The molecule has 0 fully saturated rings. The van der Waals surface area contributed by atoms with Crippen LogP contribution < -0.4 is 10.6 Å². The number of aromatic nitrogens is 1. The fourth-order valence-electron chi connectivity index (χ4n) is 5.10. The number of fused-ring (bicyclic) bond motifs is 2. The fraction of sp³-hybridized carbons (Fsp3) is 0.200. The minimum atomic E-state index is 0.378. The quantitative estimate of drug-likeness (QED) is 0.312. The van der Waals surface area contributed by atoms with Gasteiger partial charge in [-0.15, -0.1) is 0 Å². The highest BCUT2D eigenvalue weighted by atomic mass is 16.3. The summed E-state index contributed by atoms with van der Waals surface area (Å²) in [4.78, 5) is 12.6. The van der Waals surface area contributed by atoms with Gasteiger partial charge in [0, 0.05) is 56.8 Å². The maximum Gasteiger partial charge on any atom is 0.135 e. The Morgan fingerprint density at radius 3 is 2.06 bits per heavy atom. The summed E-state index contributed by atoms with van der Waals surface area (Å²) in [5, 5.41) is 9.15. The van der Waals surface area contributed by atoms with E-state index in [2.05, 4.69) is 112 Å². The van der Waals surface area contributed by atoms with Crippen LogP contribution in [0, 0.1) is 0 Å². The molecule has 3 N–H and O–H groups in total. The summed E-state index contributed by atoms with van der Waals surface area (Å²) in [5.74, 6) is 2.79. The molecule has 0 saturated heterocycles. The van der Waals surface area contributed by atoms with Crippen LogP contribution in [0.15, 0.2) is 87.3 Å². The summed E-state index contributed by atoms with van der Waals surface area (Å²) in [6, 6.07) is 24.2. The Kier molecular flexibility index (Phi) is 4.74. The van der Waals surface area contributed by atoms with Crippen molar-refractivity contribution in [1.82, 2.24) is 15.6 Å². The van der Waals surface area contributed by atoms with Crippen LogP contribution in [0.4, 0.5) is 0 Å². The average molecular weight is 474 g/mol. The van der Waals surface area contributed by atoms with E-state index < -0.39 is 0 Å². The van der Waals surface area contributed by atoms with Crippen molar-refractivity contribution < 1.29 is 4.42 Å². The Balaban J connectivity index is 1.16. The van der Waals surface area contributed by atoms with Crippen LogP contribution in [0.25, 0.3) is 44.3 Å². The molecular weight excluding hydrogens is 446 g/mol. The molecule has 6 nitrogen and oxygen atoms in total. The van der Waals surface area contributed by atoms with Gasteiger partial charge in [-0.1, -0.05) is 48.5 Å². The van der Waals surface area contributed by atoms with Crippen LogP contribution in [0.1, 0.15) is 25.0 Å². The number of rotatable bonds is 4. The van der Waals surface area contributed by atoms with Gasteiger partial charge >= 0.3 is 0 Å². The van der Waals surface area contributed by atoms with Gasteiger partial charge in [-0.2, -0.15) is 0 Å². The lowest BCUT2D eigenvalue weighted by molar-refractivity contribution is 0.631. The van der Waals surface area contributed by atoms with E-state index in [1.54, 1.807) is 0 Å². The van der Waals surface area contributed by atoms with Gasteiger partial charge in [-0.05, 0) is 37.6 Å². The zero-order valence-electron chi connectivity index (χ0n) is 20.3. The highest BCUT2D eigenvalue weighted by molar-refractivity contribution is 6.05. The van der Waals surface area contributed by atoms with E-state index in [-0.39, 0.29) is 0 Å². The van der Waals surface area contributed by atoms with E-state index >= 15 is 0 Å². The zero-order chi connectivity index (χ0) is 24.2. The third-order valence-electron chi connectivity index (χ3n) is 7.04. The number of nitrogens with one attached hydrogen (secondary N) is 3. The molecule has 4 heterocycles. The van der Waals surface area contributed by atoms with E-state index in [0.717, 1.165) is 63.7 Å². The first-order valence-corrected chi connectivity index (χ1v) is 12.5. The van der Waals surface area contributed by atoms with Gasteiger partial charge in [0.1, 0.15) is 23.0 Å². The first kappa shape index (κ1) is 21.0. The zero-order valence-corrected chi connectivity index (χ0v) is 20.3. The molecule has 6 heteroatoms. The van der Waals surface area contributed by atoms with Gasteiger partial charge in [0.2, 0.25) is 0 Å². The fourth-order valence-corrected chi connectivity index (χ4v) is 5.10. The number of aliphatic imine (C=N–C) groups is 2. The molecule has 2 aliphatic rings. The van der Waals surface area contributed by atoms with Gasteiger partial charge in [-0.3, -0.25) is 9.98 Å². The number of benzene rings is 3. The third-order valence-corrected chi connectivity index (χ3v) is 7.04. The molecular formula is C30H27N5O. The maximum atomic E-state index is 6.25. The Bertz CT molecular complexity index is 1670. The summed E-state index contributed by atoms with van der Waals surface area (Å²) >= 11 is 0. The highest BCUT2D eigenvalue weighted by Crippen LogP contribution is 2.33. The monoisotopic (exact) mass is 473 g/mol. The standard InChI is InChI=1S/C30H27N5O/c1-17-14-32-29(34-17)22-9-10-24-25(16-31-26(24)11-22)19-3-5-20(6-4-19)27-12-21-7-8-23(13-28(21)36-27)30-33-15-18(2)35-30/h3-13,16-18,31H,14-15H2,1-2H3,(H,32,34)(H,33,35). The number of H-pyrrole nitrogens is 1. The molecule has 2 unspecified atom stereocenters. The first-order valence-electron chi connectivity index (χ1n) is 12.5. The van der Waals surface area contributed by atoms with Crippen LogP contribution in [0.3, 0.4) is 0 Å². The van der Waals surface area contributed by atoms with Gasteiger partial charge in [-0.25, -0.2) is 0 Å². The Labute approximate surface area is 209 Å². The minimum absolute atomic E-state index is 0.378. The summed E-state index contributed by atoms with van der Waals surface area (Å²) in [6.07, 6.45) is 2.08. The van der Waals surface area contributed by atoms with Crippen molar-refractivity contribution in [3.63, 3.8) is 0 Å². The molecule has 36 heavy (non-hydrogen) atoms. The Morgan fingerprint density at radius 1 is 0.722 bits per heavy atom. The van der Waals surface area contributed by atoms with Gasteiger partial charge in [0.15, 0.2) is 0 Å². The van der Waals surface area contributed by atoms with E-state index in [0.29, 0.717) is 12.1 Å². The molecule has 0 bridgehead atoms. The van der Waals surface area contributed by atoms with Gasteiger partial charge < -0.3 is 20.0 Å². The summed E-state index contributed by atoms with van der Waals surface area (Å²) in [5.41, 5.74) is 7.58. The molecule has 7 rings (SSSR count). The van der Waals surface area contributed by atoms with Crippen LogP contribution in [-0.4, -0.2) is 41.8 Å². The number of nitrogens with zero attached hydrogens (tertiary/aromatic N) is 2. The molecule has 0 spiro atoms. The lowest BCUT2D eigenvalue weighted by atomic mass is 10.0. The second-order valence-corrected chi connectivity index (χ2v) is 9.87. The Hall–Kier alpha value is -4.32. The topological polar surface area (TPSA) is 77.7 Å². The van der Waals surface area contributed by atoms with Crippen molar-refractivity contribution in [3.8, 4) is 22.5 Å². The Morgan fingerprint density at radius 2 is 1.36 bits per heavy atom. The molecule has 178 valence electrons. The summed E-state index contributed by atoms with van der Waals surface area (Å²) in [7, 11) is 0. The smallest absolute Gasteiger partial charge is 0.135 e. The van der Waals surface area contributed by atoms with Crippen molar-refractivity contribution in [3.05, 3.63) is 84.1 Å². The van der Waals surface area contributed by atoms with Crippen LogP contribution in [0.5, 0.6) is 0 Å². The van der Waals surface area contributed by atoms with Crippen molar-refractivity contribution in [2.75, 3.05) is 13.1 Å². The van der Waals surface area contributed by atoms with Gasteiger partial charge in [0.05, 0.1) is 13.1 Å². The summed E-state index contributed by atoms with van der Waals surface area (Å²) in [6.45, 7) is 5.93. The second kappa shape index (κ2) is 8.12. The average Bonchev–Trinajstić information content (AvgIpc) is 3.69. The number of furan rings is 1. The predicted molar refractivity (Wildman–Crippen MR) is 147 cm³/mol. The molecule has 2 atom stereocenters. The molecule has 0 radical (unpaired) electrons. The molecule has 0 saturated carbocycles. The van der Waals surface area contributed by atoms with Gasteiger partial charge in [0.25, 0.3) is 0 Å². The van der Waals surface area contributed by atoms with Crippen molar-refractivity contribution in [1.29, 1.82) is 0 Å². The number of hydrogen-bond acceptors (Lipinski definition) is 5. The summed E-state index contributed by atoms with van der Waals surface area (Å²) < 4.78 is 6.25. The lowest BCUT2D eigenvalue weighted by Gasteiger charge is -2.06. The molecule has 0 aliphatic carbocycles. The van der Waals surface area contributed by atoms with E-state index in [4.69, 9.17) is 4.42 Å². The van der Waals surface area contributed by atoms with Crippen LogP contribution in [0.2, 0.25) is 0 Å². The SMILES string of the molecule is CC1CN=C(c2ccc3c(-c4ccc(-c5cc6ccc(C7=NCC(C)N7)cc6o5)cc4)c[nH]c3c2)N1. The van der Waals surface area contributed by atoms with Crippen LogP contribution in [-0.2, 0) is 0 Å². The van der Waals surface area contributed by atoms with E-state index in [9.17, 15) is 0 Å². The number of amidine groups is 2. The first-order chi connectivity index (χ1) is 17.6. The van der Waals surface area contributed by atoms with E-state index in [1.807, 2.05) is 0 Å².